The molecule has 0 radical (unpaired) electrons. The van der Waals surface area contributed by atoms with Crippen LogP contribution in [0.3, 0.4) is 0 Å². The molecule has 5 heterocycles. The molecule has 208 valence electrons. The third-order valence-electron chi connectivity index (χ3n) is 7.34. The van der Waals surface area contributed by atoms with Crippen LogP contribution in [0.2, 0.25) is 0 Å². The van der Waals surface area contributed by atoms with Gasteiger partial charge in [0.15, 0.2) is 5.82 Å². The van der Waals surface area contributed by atoms with E-state index in [9.17, 15) is 0 Å². The van der Waals surface area contributed by atoms with Gasteiger partial charge in [-0.05, 0) is 32.2 Å². The van der Waals surface area contributed by atoms with Crippen LogP contribution in [0.5, 0.6) is 17.4 Å². The van der Waals surface area contributed by atoms with E-state index in [4.69, 9.17) is 19.2 Å². The van der Waals surface area contributed by atoms with Crippen LogP contribution in [-0.2, 0) is 7.05 Å². The van der Waals surface area contributed by atoms with Gasteiger partial charge in [-0.15, -0.1) is 0 Å². The molecule has 1 aromatic carbocycles. The molecule has 1 fully saturated rings. The monoisotopic (exact) mass is 542 g/mol. The Kier molecular flexibility index (Phi) is 7.12. The van der Waals surface area contributed by atoms with Gasteiger partial charge in [0.05, 0.1) is 26.0 Å². The maximum atomic E-state index is 6.51. The summed E-state index contributed by atoms with van der Waals surface area (Å²) in [4.78, 5) is 18.6. The van der Waals surface area contributed by atoms with Gasteiger partial charge >= 0.3 is 0 Å². The van der Waals surface area contributed by atoms with Gasteiger partial charge in [-0.3, -0.25) is 0 Å². The lowest BCUT2D eigenvalue weighted by Gasteiger charge is -2.34. The Morgan fingerprint density at radius 3 is 2.62 bits per heavy atom. The fraction of sp³-hybridized carbons (Fsp3) is 0.379. The second kappa shape index (κ2) is 11.0. The van der Waals surface area contributed by atoms with Crippen LogP contribution in [0.1, 0.15) is 13.3 Å². The van der Waals surface area contributed by atoms with Gasteiger partial charge < -0.3 is 29.3 Å². The number of ether oxygens (including phenoxy) is 3. The number of anilines is 3. The van der Waals surface area contributed by atoms with Crippen LogP contribution in [-0.4, -0.2) is 82.7 Å². The van der Waals surface area contributed by atoms with Gasteiger partial charge in [0.1, 0.15) is 28.7 Å². The zero-order valence-electron chi connectivity index (χ0n) is 23.3. The summed E-state index contributed by atoms with van der Waals surface area (Å²) in [5, 5.41) is 7.65. The first-order chi connectivity index (χ1) is 19.5. The predicted molar refractivity (Wildman–Crippen MR) is 154 cm³/mol. The number of piperazine rings is 1. The van der Waals surface area contributed by atoms with Crippen LogP contribution in [0.25, 0.3) is 22.5 Å². The van der Waals surface area contributed by atoms with Gasteiger partial charge in [0.25, 0.3) is 0 Å². The minimum absolute atomic E-state index is 0.127. The van der Waals surface area contributed by atoms with Gasteiger partial charge in [0, 0.05) is 81.0 Å². The van der Waals surface area contributed by atoms with E-state index in [1.54, 1.807) is 30.3 Å². The summed E-state index contributed by atoms with van der Waals surface area (Å²) < 4.78 is 20.2. The number of nitrogens with one attached hydrogen (secondary N) is 1. The molecule has 3 aromatic heterocycles. The van der Waals surface area contributed by atoms with E-state index in [1.165, 1.54) is 0 Å². The van der Waals surface area contributed by atoms with Crippen LogP contribution < -0.4 is 24.4 Å². The van der Waals surface area contributed by atoms with Crippen LogP contribution >= 0.6 is 0 Å². The number of nitrogens with zero attached hydrogens (tertiary/aromatic N) is 7. The van der Waals surface area contributed by atoms with Gasteiger partial charge in [-0.1, -0.05) is 0 Å². The number of hydrogen-bond donors (Lipinski definition) is 1. The Morgan fingerprint density at radius 2 is 1.80 bits per heavy atom. The Balaban J connectivity index is 1.36. The number of benzene rings is 1. The molecule has 6 rings (SSSR count). The predicted octanol–water partition coefficient (Wildman–Crippen LogP) is 3.99. The van der Waals surface area contributed by atoms with Crippen molar-refractivity contribution in [2.24, 2.45) is 7.05 Å². The number of aromatic nitrogens is 5. The van der Waals surface area contributed by atoms with Crippen molar-refractivity contribution in [3.05, 3.63) is 48.9 Å². The molecule has 4 bridgehead atoms. The van der Waals surface area contributed by atoms with Crippen LogP contribution in [0, 0.1) is 0 Å². The first kappa shape index (κ1) is 25.9. The molecule has 0 saturated carbocycles. The number of likely N-dealkylation sites (N-methyl/N-ethyl adjacent to an activating group) is 1. The largest absolute Gasteiger partial charge is 0.496 e. The second-order valence-electron chi connectivity index (χ2n) is 10.2. The molecule has 1 N–H and O–H groups in total. The number of aryl methyl sites for hydroxylation is 1. The molecule has 40 heavy (non-hydrogen) atoms. The van der Waals surface area contributed by atoms with Crippen molar-refractivity contribution in [3.63, 3.8) is 0 Å². The summed E-state index contributed by atoms with van der Waals surface area (Å²) in [6.45, 7) is 6.54. The summed E-state index contributed by atoms with van der Waals surface area (Å²) in [5.41, 5.74) is 3.65. The average molecular weight is 543 g/mol. The standard InChI is InChI=1S/C29H34N8O3/c1-19-8-14-39-29-23(18-32-36(29)3)28-30-9-7-26(34-28)33-27-16-25(40-19)22(17-31-27)21-6-5-20(15-24(21)38-4)37-12-10-35(2)11-13-37/h5-7,9,15-19H,8,10-14H2,1-4H3,(H,30,31,33,34)/t19-/m0/s1. The highest BCUT2D eigenvalue weighted by molar-refractivity contribution is 5.79. The molecule has 1 atom stereocenters. The topological polar surface area (TPSA) is 103 Å². The highest BCUT2D eigenvalue weighted by Gasteiger charge is 2.21. The summed E-state index contributed by atoms with van der Waals surface area (Å²) >= 11 is 0. The molecular weight excluding hydrogens is 508 g/mol. The molecule has 0 spiro atoms. The average Bonchev–Trinajstić information content (AvgIpc) is 3.33. The lowest BCUT2D eigenvalue weighted by atomic mass is 10.0. The van der Waals surface area contributed by atoms with Crippen molar-refractivity contribution in [1.29, 1.82) is 0 Å². The molecule has 0 unspecified atom stereocenters. The molecule has 0 aliphatic carbocycles. The van der Waals surface area contributed by atoms with Gasteiger partial charge in [-0.25, -0.2) is 19.6 Å². The van der Waals surface area contributed by atoms with Gasteiger partial charge in [-0.2, -0.15) is 5.10 Å². The molecule has 0 amide bonds. The number of fused-ring (bicyclic) bond motifs is 6. The fourth-order valence-electron chi connectivity index (χ4n) is 5.01. The minimum Gasteiger partial charge on any atom is -0.496 e. The summed E-state index contributed by atoms with van der Waals surface area (Å²) in [7, 11) is 5.70. The first-order valence-electron chi connectivity index (χ1n) is 13.5. The Bertz CT molecular complexity index is 1500. The lowest BCUT2D eigenvalue weighted by molar-refractivity contribution is 0.173. The zero-order chi connectivity index (χ0) is 27.6. The van der Waals surface area contributed by atoms with Crippen LogP contribution in [0.4, 0.5) is 17.3 Å². The molecule has 11 nitrogen and oxygen atoms in total. The van der Waals surface area contributed by atoms with E-state index in [2.05, 4.69) is 55.4 Å². The van der Waals surface area contributed by atoms with Crippen molar-refractivity contribution < 1.29 is 14.2 Å². The molecule has 11 heteroatoms. The van der Waals surface area contributed by atoms with Gasteiger partial charge in [0.2, 0.25) is 5.88 Å². The lowest BCUT2D eigenvalue weighted by Crippen LogP contribution is -2.44. The van der Waals surface area contributed by atoms with Crippen molar-refractivity contribution in [2.45, 2.75) is 19.4 Å². The molecular formula is C29H34N8O3. The number of hydrogen-bond acceptors (Lipinski definition) is 10. The van der Waals surface area contributed by atoms with Crippen molar-refractivity contribution in [1.82, 2.24) is 29.6 Å². The molecule has 2 aliphatic heterocycles. The third kappa shape index (κ3) is 5.24. The summed E-state index contributed by atoms with van der Waals surface area (Å²) in [6.07, 6.45) is 5.77. The molecule has 4 aromatic rings. The highest BCUT2D eigenvalue weighted by atomic mass is 16.5. The summed E-state index contributed by atoms with van der Waals surface area (Å²) in [5.74, 6) is 3.83. The quantitative estimate of drug-likeness (QED) is 0.409. The maximum Gasteiger partial charge on any atom is 0.222 e. The fourth-order valence-corrected chi connectivity index (χ4v) is 5.01. The summed E-state index contributed by atoms with van der Waals surface area (Å²) in [6, 6.07) is 10.1. The normalized spacial score (nSPS) is 17.6. The maximum absolute atomic E-state index is 6.51. The van der Waals surface area contributed by atoms with E-state index in [1.807, 2.05) is 26.2 Å². The third-order valence-corrected chi connectivity index (χ3v) is 7.34. The van der Waals surface area contributed by atoms with Crippen molar-refractivity contribution in [3.8, 4) is 39.9 Å². The van der Waals surface area contributed by atoms with E-state index < -0.39 is 0 Å². The number of rotatable bonds is 3. The zero-order valence-corrected chi connectivity index (χ0v) is 23.3. The molecule has 1 saturated heterocycles. The highest BCUT2D eigenvalue weighted by Crippen LogP contribution is 2.40. The second-order valence-corrected chi connectivity index (χ2v) is 10.2. The minimum atomic E-state index is -0.127. The van der Waals surface area contributed by atoms with Crippen LogP contribution in [0.15, 0.2) is 48.9 Å². The molecule has 2 aliphatic rings. The smallest absolute Gasteiger partial charge is 0.222 e. The van der Waals surface area contributed by atoms with E-state index in [-0.39, 0.29) is 6.10 Å². The SMILES string of the molecule is COc1cc(N2CCN(C)CC2)ccc1-c1cnc2cc1O[C@@H](C)CCOc1c(cnn1C)-c1nccc(n1)N2. The Labute approximate surface area is 233 Å². The van der Waals surface area contributed by atoms with Crippen molar-refractivity contribution >= 4 is 17.3 Å². The Hall–Kier alpha value is -4.38. The first-order valence-corrected chi connectivity index (χ1v) is 13.5. The van der Waals surface area contributed by atoms with Crippen molar-refractivity contribution in [2.75, 3.05) is 57.2 Å². The number of pyridine rings is 1. The number of methoxy groups -OCH3 is 1. The Morgan fingerprint density at radius 1 is 0.950 bits per heavy atom. The van der Waals surface area contributed by atoms with E-state index in [0.717, 1.165) is 54.3 Å². The van der Waals surface area contributed by atoms with E-state index >= 15 is 0 Å². The van der Waals surface area contributed by atoms with E-state index in [0.29, 0.717) is 42.1 Å².